The fraction of sp³-hybridized carbons (Fsp3) is 0.125. The molecule has 0 spiro atoms. The number of halogens is 4. The summed E-state index contributed by atoms with van der Waals surface area (Å²) in [7, 11) is 0. The number of ether oxygens (including phenoxy) is 1. The molecule has 0 bridgehead atoms. The van der Waals surface area contributed by atoms with Gasteiger partial charge in [-0.2, -0.15) is 13.2 Å². The number of nitrogens with zero attached hydrogens (tertiary/aromatic N) is 4. The van der Waals surface area contributed by atoms with Crippen molar-refractivity contribution in [3.63, 3.8) is 0 Å². The third-order valence-corrected chi connectivity index (χ3v) is 5.60. The number of alkyl halides is 3. The van der Waals surface area contributed by atoms with Gasteiger partial charge < -0.3 is 10.1 Å². The van der Waals surface area contributed by atoms with E-state index < -0.39 is 11.7 Å². The van der Waals surface area contributed by atoms with Crippen LogP contribution in [0.1, 0.15) is 17.2 Å². The fourth-order valence-electron chi connectivity index (χ4n) is 3.50. The highest BCUT2D eigenvalue weighted by atomic mass is 35.5. The highest BCUT2D eigenvalue weighted by Crippen LogP contribution is 2.30. The summed E-state index contributed by atoms with van der Waals surface area (Å²) in [4.78, 5) is 8.82. The standard InChI is InChI=1S/C24H17ClF3N5O/c25-20-4-2-1-3-19(20)21-13-34-23(31-21)30-17-9-5-15(6-10-17)22-29-14-33(32-22)18-11-7-16(8-12-18)24(26,27)28/h1-12,14,21H,13H2,(H,30,31). The minimum atomic E-state index is -4.38. The van der Waals surface area contributed by atoms with Crippen LogP contribution in [-0.4, -0.2) is 27.4 Å². The van der Waals surface area contributed by atoms with E-state index >= 15 is 0 Å². The second kappa shape index (κ2) is 8.83. The van der Waals surface area contributed by atoms with E-state index in [9.17, 15) is 13.2 Å². The lowest BCUT2D eigenvalue weighted by atomic mass is 10.1. The number of hydrogen-bond acceptors (Lipinski definition) is 5. The first-order chi connectivity index (χ1) is 16.4. The van der Waals surface area contributed by atoms with Crippen molar-refractivity contribution < 1.29 is 17.9 Å². The van der Waals surface area contributed by atoms with Gasteiger partial charge in [-0.15, -0.1) is 5.10 Å². The summed E-state index contributed by atoms with van der Waals surface area (Å²) in [6.07, 6.45) is -2.92. The molecule has 1 aliphatic heterocycles. The number of amidine groups is 1. The number of aromatic nitrogens is 3. The molecule has 1 aliphatic rings. The second-order valence-electron chi connectivity index (χ2n) is 7.54. The Morgan fingerprint density at radius 2 is 1.71 bits per heavy atom. The third kappa shape index (κ3) is 4.60. The Morgan fingerprint density at radius 3 is 2.41 bits per heavy atom. The molecule has 3 aromatic carbocycles. The molecule has 0 amide bonds. The highest BCUT2D eigenvalue weighted by Gasteiger charge is 2.30. The Bertz CT molecular complexity index is 1330. The molecule has 0 fully saturated rings. The summed E-state index contributed by atoms with van der Waals surface area (Å²) in [6, 6.07) is 19.8. The van der Waals surface area contributed by atoms with Gasteiger partial charge >= 0.3 is 6.18 Å². The number of rotatable bonds is 4. The largest absolute Gasteiger partial charge is 0.462 e. The van der Waals surface area contributed by atoms with Crippen LogP contribution in [0.2, 0.25) is 5.02 Å². The summed E-state index contributed by atoms with van der Waals surface area (Å²) in [5.74, 6) is 0.444. The van der Waals surface area contributed by atoms with E-state index in [1.165, 1.54) is 23.1 Å². The van der Waals surface area contributed by atoms with Crippen LogP contribution < -0.4 is 5.32 Å². The van der Waals surface area contributed by atoms with Crippen molar-refractivity contribution in [2.45, 2.75) is 12.2 Å². The number of anilines is 1. The molecule has 0 saturated carbocycles. The Labute approximate surface area is 197 Å². The molecule has 4 aromatic rings. The quantitative estimate of drug-likeness (QED) is 0.378. The summed E-state index contributed by atoms with van der Waals surface area (Å²) in [5, 5.41) is 8.15. The molecule has 1 N–H and O–H groups in total. The molecule has 5 rings (SSSR count). The van der Waals surface area contributed by atoms with E-state index in [1.807, 2.05) is 48.5 Å². The molecule has 172 valence electrons. The lowest BCUT2D eigenvalue weighted by Gasteiger charge is -2.07. The van der Waals surface area contributed by atoms with Gasteiger partial charge in [0.25, 0.3) is 6.02 Å². The molecule has 0 aliphatic carbocycles. The molecule has 1 atom stereocenters. The van der Waals surface area contributed by atoms with Gasteiger partial charge in [0.2, 0.25) is 0 Å². The zero-order valence-electron chi connectivity index (χ0n) is 17.5. The Balaban J connectivity index is 1.27. The molecule has 10 heteroatoms. The first kappa shape index (κ1) is 22.0. The average Bonchev–Trinajstić information content (AvgIpc) is 3.50. The molecule has 2 heterocycles. The maximum atomic E-state index is 12.8. The van der Waals surface area contributed by atoms with Crippen LogP contribution >= 0.6 is 11.6 Å². The van der Waals surface area contributed by atoms with Crippen LogP contribution in [0.4, 0.5) is 18.9 Å². The third-order valence-electron chi connectivity index (χ3n) is 5.26. The minimum absolute atomic E-state index is 0.172. The van der Waals surface area contributed by atoms with Crippen LogP contribution in [0.25, 0.3) is 17.1 Å². The van der Waals surface area contributed by atoms with Crippen LogP contribution in [0.3, 0.4) is 0 Å². The van der Waals surface area contributed by atoms with Gasteiger partial charge in [0.1, 0.15) is 19.0 Å². The first-order valence-corrected chi connectivity index (χ1v) is 10.7. The smallest absolute Gasteiger partial charge is 0.416 e. The van der Waals surface area contributed by atoms with Crippen molar-refractivity contribution >= 4 is 23.3 Å². The molecule has 34 heavy (non-hydrogen) atoms. The predicted octanol–water partition coefficient (Wildman–Crippen LogP) is 6.15. The normalized spacial score (nSPS) is 15.6. The van der Waals surface area contributed by atoms with E-state index in [0.29, 0.717) is 29.2 Å². The summed E-state index contributed by atoms with van der Waals surface area (Å²) >= 11 is 6.25. The van der Waals surface area contributed by atoms with Crippen molar-refractivity contribution in [1.29, 1.82) is 0 Å². The van der Waals surface area contributed by atoms with Gasteiger partial charge in [-0.3, -0.25) is 0 Å². The maximum Gasteiger partial charge on any atom is 0.416 e. The average molecular weight is 484 g/mol. The van der Waals surface area contributed by atoms with E-state index in [1.54, 1.807) is 0 Å². The molecule has 1 unspecified atom stereocenters. The SMILES string of the molecule is FC(F)(F)c1ccc(-n2cnc(-c3ccc(NC4=NC(c5ccccc5Cl)CO4)cc3)n2)cc1. The Hall–Kier alpha value is -3.85. The molecule has 0 radical (unpaired) electrons. The highest BCUT2D eigenvalue weighted by molar-refractivity contribution is 6.31. The van der Waals surface area contributed by atoms with E-state index in [4.69, 9.17) is 16.3 Å². The number of aliphatic imine (C=N–C) groups is 1. The summed E-state index contributed by atoms with van der Waals surface area (Å²) in [6.45, 7) is 0.398. The van der Waals surface area contributed by atoms with Gasteiger partial charge in [-0.1, -0.05) is 29.8 Å². The lowest BCUT2D eigenvalue weighted by Crippen LogP contribution is -2.11. The van der Waals surface area contributed by atoms with Gasteiger partial charge in [0.15, 0.2) is 5.82 Å². The minimum Gasteiger partial charge on any atom is -0.462 e. The number of nitrogens with one attached hydrogen (secondary N) is 1. The van der Waals surface area contributed by atoms with Crippen molar-refractivity contribution in [1.82, 2.24) is 14.8 Å². The van der Waals surface area contributed by atoms with Crippen LogP contribution in [0, 0.1) is 0 Å². The molecule has 0 saturated heterocycles. The number of benzene rings is 3. The Morgan fingerprint density at radius 1 is 0.971 bits per heavy atom. The summed E-state index contributed by atoms with van der Waals surface area (Å²) < 4.78 is 45.4. The molecule has 6 nitrogen and oxygen atoms in total. The van der Waals surface area contributed by atoms with Crippen molar-refractivity contribution in [3.05, 3.63) is 95.3 Å². The van der Waals surface area contributed by atoms with E-state index in [2.05, 4.69) is 20.4 Å². The summed E-state index contributed by atoms with van der Waals surface area (Å²) in [5.41, 5.74) is 2.19. The van der Waals surface area contributed by atoms with Crippen LogP contribution in [0.5, 0.6) is 0 Å². The second-order valence-corrected chi connectivity index (χ2v) is 7.95. The number of hydrogen-bond donors (Lipinski definition) is 1. The van der Waals surface area contributed by atoms with Crippen molar-refractivity contribution in [2.75, 3.05) is 11.9 Å². The first-order valence-electron chi connectivity index (χ1n) is 10.3. The molecular weight excluding hydrogens is 467 g/mol. The van der Waals surface area contributed by atoms with Crippen molar-refractivity contribution in [2.24, 2.45) is 4.99 Å². The Kier molecular flexibility index (Phi) is 5.70. The monoisotopic (exact) mass is 483 g/mol. The van der Waals surface area contributed by atoms with Gasteiger partial charge in [-0.05, 0) is 60.2 Å². The van der Waals surface area contributed by atoms with Crippen LogP contribution in [0.15, 0.2) is 84.1 Å². The zero-order valence-corrected chi connectivity index (χ0v) is 18.3. The maximum absolute atomic E-state index is 12.8. The van der Waals surface area contributed by atoms with Gasteiger partial charge in [0, 0.05) is 16.3 Å². The van der Waals surface area contributed by atoms with Gasteiger partial charge in [-0.25, -0.2) is 14.7 Å². The van der Waals surface area contributed by atoms with Gasteiger partial charge in [0.05, 0.1) is 11.3 Å². The molecular formula is C24H17ClF3N5O. The van der Waals surface area contributed by atoms with Crippen LogP contribution in [-0.2, 0) is 10.9 Å². The van der Waals surface area contributed by atoms with E-state index in [-0.39, 0.29) is 6.04 Å². The topological polar surface area (TPSA) is 64.3 Å². The predicted molar refractivity (Wildman–Crippen MR) is 123 cm³/mol. The molecule has 1 aromatic heterocycles. The fourth-order valence-corrected chi connectivity index (χ4v) is 3.76. The van der Waals surface area contributed by atoms with Crippen molar-refractivity contribution in [3.8, 4) is 17.1 Å². The van der Waals surface area contributed by atoms with E-state index in [0.717, 1.165) is 28.9 Å². The lowest BCUT2D eigenvalue weighted by molar-refractivity contribution is -0.137. The zero-order chi connectivity index (χ0) is 23.7.